The van der Waals surface area contributed by atoms with Crippen molar-refractivity contribution in [2.24, 2.45) is 11.8 Å². The van der Waals surface area contributed by atoms with Crippen LogP contribution in [0.25, 0.3) is 0 Å². The first-order chi connectivity index (χ1) is 8.75. The molecular formula is C16H29NO. The van der Waals surface area contributed by atoms with Gasteiger partial charge >= 0.3 is 0 Å². The van der Waals surface area contributed by atoms with Crippen LogP contribution in [0.5, 0.6) is 0 Å². The van der Waals surface area contributed by atoms with Crippen LogP contribution in [-0.4, -0.2) is 25.8 Å². The van der Waals surface area contributed by atoms with Crippen molar-refractivity contribution in [2.45, 2.75) is 58.4 Å². The van der Waals surface area contributed by atoms with Gasteiger partial charge in [-0.25, -0.2) is 0 Å². The van der Waals surface area contributed by atoms with Gasteiger partial charge in [0.2, 0.25) is 0 Å². The van der Waals surface area contributed by atoms with Crippen LogP contribution in [0.4, 0.5) is 0 Å². The van der Waals surface area contributed by atoms with Crippen LogP contribution >= 0.6 is 0 Å². The molecule has 2 rings (SSSR count). The van der Waals surface area contributed by atoms with Crippen LogP contribution in [0.1, 0.15) is 52.4 Å². The van der Waals surface area contributed by atoms with Crippen molar-refractivity contribution in [1.29, 1.82) is 0 Å². The molecule has 0 radical (unpaired) electrons. The fraction of sp³-hybridized carbons (Fsp3) is 0.875. The molecule has 0 bridgehead atoms. The molecule has 1 unspecified atom stereocenters. The van der Waals surface area contributed by atoms with Gasteiger partial charge in [0.25, 0.3) is 0 Å². The number of ether oxygens (including phenoxy) is 1. The number of nitrogens with one attached hydrogen (secondary N) is 1. The summed E-state index contributed by atoms with van der Waals surface area (Å²) in [5.41, 5.74) is 1.67. The molecule has 1 saturated heterocycles. The molecule has 0 amide bonds. The Morgan fingerprint density at radius 3 is 2.61 bits per heavy atom. The molecule has 2 aliphatic rings. The van der Waals surface area contributed by atoms with Gasteiger partial charge in [0.1, 0.15) is 0 Å². The number of hydrogen-bond donors (Lipinski definition) is 1. The van der Waals surface area contributed by atoms with E-state index in [1.54, 1.807) is 5.57 Å². The Morgan fingerprint density at radius 2 is 2.00 bits per heavy atom. The Bertz CT molecular complexity index is 260. The fourth-order valence-corrected chi connectivity index (χ4v) is 3.12. The van der Waals surface area contributed by atoms with Crippen molar-refractivity contribution in [3.63, 3.8) is 0 Å². The molecule has 2 fully saturated rings. The van der Waals surface area contributed by atoms with Gasteiger partial charge in [0.05, 0.1) is 6.61 Å². The molecule has 18 heavy (non-hydrogen) atoms. The molecule has 0 aromatic rings. The quantitative estimate of drug-likeness (QED) is 0.755. The van der Waals surface area contributed by atoms with Gasteiger partial charge in [-0.1, -0.05) is 44.8 Å². The van der Waals surface area contributed by atoms with E-state index < -0.39 is 0 Å². The molecule has 104 valence electrons. The zero-order valence-electron chi connectivity index (χ0n) is 12.1. The molecule has 1 aliphatic heterocycles. The van der Waals surface area contributed by atoms with Gasteiger partial charge in [0.15, 0.2) is 0 Å². The maximum absolute atomic E-state index is 5.51. The van der Waals surface area contributed by atoms with Gasteiger partial charge < -0.3 is 10.1 Å². The standard InChI is InChI=1S/C16H29NO/c1-13(2)17-11-16(10-14-8-9-18-12-14)15-6-4-3-5-7-15/h10,13-15,17H,3-9,11-12H2,1-2H3. The van der Waals surface area contributed by atoms with Gasteiger partial charge in [-0.05, 0) is 25.2 Å². The van der Waals surface area contributed by atoms with Gasteiger partial charge in [0, 0.05) is 25.1 Å². The highest BCUT2D eigenvalue weighted by atomic mass is 16.5. The summed E-state index contributed by atoms with van der Waals surface area (Å²) < 4.78 is 5.51. The van der Waals surface area contributed by atoms with Crippen LogP contribution in [0.15, 0.2) is 11.6 Å². The normalized spacial score (nSPS) is 27.1. The van der Waals surface area contributed by atoms with Crippen molar-refractivity contribution in [3.8, 4) is 0 Å². The third-order valence-corrected chi connectivity index (χ3v) is 4.26. The van der Waals surface area contributed by atoms with Crippen molar-refractivity contribution in [3.05, 3.63) is 11.6 Å². The summed E-state index contributed by atoms with van der Waals surface area (Å²) in [6, 6.07) is 0.580. The Labute approximate surface area is 112 Å². The first-order valence-electron chi connectivity index (χ1n) is 7.77. The van der Waals surface area contributed by atoms with E-state index in [0.29, 0.717) is 12.0 Å². The zero-order chi connectivity index (χ0) is 12.8. The minimum atomic E-state index is 0.580. The fourth-order valence-electron chi connectivity index (χ4n) is 3.12. The van der Waals surface area contributed by atoms with Crippen molar-refractivity contribution in [1.82, 2.24) is 5.32 Å². The SMILES string of the molecule is CC(C)NCC(=CC1CCOC1)C1CCCCC1. The van der Waals surface area contributed by atoms with E-state index in [1.807, 2.05) is 0 Å². The van der Waals surface area contributed by atoms with Crippen LogP contribution in [0.3, 0.4) is 0 Å². The Balaban J connectivity index is 1.95. The molecule has 0 aromatic heterocycles. The summed E-state index contributed by atoms with van der Waals surface area (Å²) in [5, 5.41) is 3.61. The second-order valence-corrected chi connectivity index (χ2v) is 6.24. The third kappa shape index (κ3) is 4.40. The minimum absolute atomic E-state index is 0.580. The lowest BCUT2D eigenvalue weighted by Gasteiger charge is -2.26. The largest absolute Gasteiger partial charge is 0.381 e. The molecule has 1 atom stereocenters. The third-order valence-electron chi connectivity index (χ3n) is 4.26. The van der Waals surface area contributed by atoms with Gasteiger partial charge in [-0.15, -0.1) is 0 Å². The maximum atomic E-state index is 5.51. The molecule has 1 saturated carbocycles. The summed E-state index contributed by atoms with van der Waals surface area (Å²) in [5.74, 6) is 1.52. The van der Waals surface area contributed by atoms with Crippen molar-refractivity contribution < 1.29 is 4.74 Å². The summed E-state index contributed by atoms with van der Waals surface area (Å²) in [7, 11) is 0. The van der Waals surface area contributed by atoms with Crippen LogP contribution in [0.2, 0.25) is 0 Å². The van der Waals surface area contributed by atoms with E-state index in [0.717, 1.165) is 25.7 Å². The zero-order valence-corrected chi connectivity index (χ0v) is 12.1. The topological polar surface area (TPSA) is 21.3 Å². The predicted octanol–water partition coefficient (Wildman–Crippen LogP) is 3.53. The Kier molecular flexibility index (Phi) is 5.71. The lowest BCUT2D eigenvalue weighted by atomic mass is 9.82. The lowest BCUT2D eigenvalue weighted by Crippen LogP contribution is -2.28. The molecule has 1 N–H and O–H groups in total. The van der Waals surface area contributed by atoms with E-state index >= 15 is 0 Å². The molecular weight excluding hydrogens is 222 g/mol. The summed E-state index contributed by atoms with van der Waals surface area (Å²) in [6.45, 7) is 7.45. The molecule has 1 heterocycles. The number of hydrogen-bond acceptors (Lipinski definition) is 2. The molecule has 2 nitrogen and oxygen atoms in total. The highest BCUT2D eigenvalue weighted by molar-refractivity contribution is 5.12. The Hall–Kier alpha value is -0.340. The van der Waals surface area contributed by atoms with E-state index in [-0.39, 0.29) is 0 Å². The summed E-state index contributed by atoms with van der Waals surface area (Å²) in [4.78, 5) is 0. The number of rotatable bonds is 5. The van der Waals surface area contributed by atoms with E-state index in [9.17, 15) is 0 Å². The highest BCUT2D eigenvalue weighted by Crippen LogP contribution is 2.31. The van der Waals surface area contributed by atoms with E-state index in [2.05, 4.69) is 25.2 Å². The smallest absolute Gasteiger partial charge is 0.0529 e. The van der Waals surface area contributed by atoms with Gasteiger partial charge in [-0.2, -0.15) is 0 Å². The molecule has 0 aromatic carbocycles. The van der Waals surface area contributed by atoms with Crippen LogP contribution in [-0.2, 0) is 4.74 Å². The molecule has 0 spiro atoms. The molecule has 2 heteroatoms. The first kappa shape index (κ1) is 14.1. The lowest BCUT2D eigenvalue weighted by molar-refractivity contribution is 0.191. The maximum Gasteiger partial charge on any atom is 0.0529 e. The second kappa shape index (κ2) is 7.30. The highest BCUT2D eigenvalue weighted by Gasteiger charge is 2.21. The van der Waals surface area contributed by atoms with E-state index in [1.165, 1.54) is 38.5 Å². The summed E-state index contributed by atoms with van der Waals surface area (Å²) in [6.07, 6.45) is 10.8. The second-order valence-electron chi connectivity index (χ2n) is 6.24. The average Bonchev–Trinajstić information content (AvgIpc) is 2.88. The van der Waals surface area contributed by atoms with Crippen LogP contribution < -0.4 is 5.32 Å². The van der Waals surface area contributed by atoms with Gasteiger partial charge in [-0.3, -0.25) is 0 Å². The van der Waals surface area contributed by atoms with Crippen molar-refractivity contribution in [2.75, 3.05) is 19.8 Å². The van der Waals surface area contributed by atoms with E-state index in [4.69, 9.17) is 4.74 Å². The average molecular weight is 251 g/mol. The predicted molar refractivity (Wildman–Crippen MR) is 76.7 cm³/mol. The van der Waals surface area contributed by atoms with Crippen molar-refractivity contribution >= 4 is 0 Å². The first-order valence-corrected chi connectivity index (χ1v) is 7.77. The summed E-state index contributed by atoms with van der Waals surface area (Å²) >= 11 is 0. The monoisotopic (exact) mass is 251 g/mol. The molecule has 1 aliphatic carbocycles. The Morgan fingerprint density at radius 1 is 1.22 bits per heavy atom. The minimum Gasteiger partial charge on any atom is -0.381 e. The van der Waals surface area contributed by atoms with Crippen LogP contribution in [0, 0.1) is 11.8 Å².